The smallest absolute Gasteiger partial charge is 0.128 e. The van der Waals surface area contributed by atoms with E-state index in [2.05, 4.69) is 88.8 Å². The first-order chi connectivity index (χ1) is 30.5. The van der Waals surface area contributed by atoms with Crippen LogP contribution in [0.1, 0.15) is 51.3 Å². The molecule has 3 nitrogen and oxygen atoms in total. The normalized spacial score (nSPS) is 16.8. The second kappa shape index (κ2) is 14.4. The second-order valence-corrected chi connectivity index (χ2v) is 14.9. The summed E-state index contributed by atoms with van der Waals surface area (Å²) in [5.41, 5.74) is 12.1. The summed E-state index contributed by atoms with van der Waals surface area (Å²) in [6, 6.07) is 47.4. The van der Waals surface area contributed by atoms with Gasteiger partial charge in [0.1, 0.15) is 5.58 Å². The number of furan rings is 1. The number of rotatable bonds is 3. The van der Waals surface area contributed by atoms with Gasteiger partial charge in [0.05, 0.1) is 5.58 Å². The summed E-state index contributed by atoms with van der Waals surface area (Å²) >= 11 is 0. The van der Waals surface area contributed by atoms with Gasteiger partial charge in [0.15, 0.2) is 0 Å². The van der Waals surface area contributed by atoms with Gasteiger partial charge < -0.3 is 14.4 Å². The Balaban J connectivity index is 0.000000215. The first-order valence-corrected chi connectivity index (χ1v) is 18.5. The first kappa shape index (κ1) is 27.0. The molecule has 3 heterocycles. The zero-order chi connectivity index (χ0) is 44.6. The Kier molecular flexibility index (Phi) is 6.97. The second-order valence-electron chi connectivity index (χ2n) is 14.9. The summed E-state index contributed by atoms with van der Waals surface area (Å²) in [6.45, 7) is -6.64. The van der Waals surface area contributed by atoms with Crippen molar-refractivity contribution in [2.45, 2.75) is 46.2 Å². The minimum Gasteiger partial charge on any atom is -0.500 e. The minimum atomic E-state index is -2.30. The summed E-state index contributed by atoms with van der Waals surface area (Å²) in [7, 11) is 0. The topological polar surface area (TPSA) is 38.9 Å². The summed E-state index contributed by atoms with van der Waals surface area (Å²) in [4.78, 5) is 8.76. The molecule has 275 valence electrons. The Morgan fingerprint density at radius 3 is 2.12 bits per heavy atom. The van der Waals surface area contributed by atoms with Gasteiger partial charge in [-0.1, -0.05) is 115 Å². The molecule has 3 aromatic heterocycles. The molecule has 0 aliphatic heterocycles. The van der Waals surface area contributed by atoms with Crippen LogP contribution in [0.25, 0.3) is 66.4 Å². The Morgan fingerprint density at radius 1 is 0.607 bits per heavy atom. The molecule has 0 bridgehead atoms. The van der Waals surface area contributed by atoms with Crippen molar-refractivity contribution in [2.75, 3.05) is 0 Å². The van der Waals surface area contributed by atoms with E-state index in [1.807, 2.05) is 30.3 Å². The van der Waals surface area contributed by atoms with Crippen molar-refractivity contribution in [2.24, 2.45) is 5.41 Å². The average Bonchev–Trinajstić information content (AvgIpc) is 3.96. The maximum absolute atomic E-state index is 8.34. The van der Waals surface area contributed by atoms with Crippen molar-refractivity contribution < 1.29 is 36.9 Å². The largest absolute Gasteiger partial charge is 0.500 e. The molecule has 0 N–H and O–H groups in total. The number of hydrogen-bond donors (Lipinski definition) is 0. The van der Waals surface area contributed by atoms with E-state index in [4.69, 9.17) is 16.8 Å². The number of nitrogens with zero attached hydrogens (tertiary/aromatic N) is 2. The standard InChI is InChI=1S/C39H28NO.C13H12N.Ir/c1-24-23-40-36(34-12-6-11-32-33-16-15-25-7-4-5-10-31(25)37(33)41-38(32)34)18-35(24)26-13-14-29-21-39(22-30(29)17-26)19-27-8-2-3-9-28(27)20-39;1-10-3-6-12(7-4-10)13-8-5-11(2)9-14-13;/h2-11,13-18,23H,19-22H2,1H3;3-6,8-9H,1-2H3;/q2*-1;/i1D3;1D3,2D3;. The fourth-order valence-electron chi connectivity index (χ4n) is 8.65. The number of hydrogen-bond acceptors (Lipinski definition) is 3. The molecule has 0 unspecified atom stereocenters. The van der Waals surface area contributed by atoms with Crippen molar-refractivity contribution >= 4 is 32.7 Å². The quantitative estimate of drug-likeness (QED) is 0.166. The summed E-state index contributed by atoms with van der Waals surface area (Å²) in [6.07, 6.45) is 7.08. The van der Waals surface area contributed by atoms with E-state index in [0.29, 0.717) is 28.1 Å². The maximum atomic E-state index is 8.34. The molecule has 2 aliphatic carbocycles. The molecule has 0 amide bonds. The zero-order valence-corrected chi connectivity index (χ0v) is 32.6. The molecular formula is C52H40IrN2O-2. The number of aromatic nitrogens is 2. The van der Waals surface area contributed by atoms with Crippen LogP contribution >= 0.6 is 0 Å². The third-order valence-corrected chi connectivity index (χ3v) is 11.2. The van der Waals surface area contributed by atoms with E-state index in [1.54, 1.807) is 12.1 Å². The molecule has 0 atom stereocenters. The fraction of sp³-hybridized carbons (Fsp3) is 0.154. The number of aryl methyl sites for hydroxylation is 3. The van der Waals surface area contributed by atoms with Crippen LogP contribution in [-0.2, 0) is 45.8 Å². The van der Waals surface area contributed by atoms with Gasteiger partial charge in [-0.2, -0.15) is 0 Å². The van der Waals surface area contributed by atoms with Gasteiger partial charge in [-0.15, -0.1) is 53.6 Å². The van der Waals surface area contributed by atoms with E-state index in [0.717, 1.165) is 63.9 Å². The van der Waals surface area contributed by atoms with Crippen molar-refractivity contribution in [3.8, 4) is 33.6 Å². The zero-order valence-electron chi connectivity index (χ0n) is 39.2. The molecule has 6 aromatic carbocycles. The third kappa shape index (κ3) is 6.47. The summed E-state index contributed by atoms with van der Waals surface area (Å²) < 4.78 is 75.2. The van der Waals surface area contributed by atoms with Crippen LogP contribution in [0, 0.1) is 38.1 Å². The average molecular weight is 910 g/mol. The molecule has 56 heavy (non-hydrogen) atoms. The van der Waals surface area contributed by atoms with E-state index in [9.17, 15) is 0 Å². The number of fused-ring (bicyclic) bond motifs is 7. The monoisotopic (exact) mass is 910 g/mol. The van der Waals surface area contributed by atoms with Crippen molar-refractivity contribution in [1.29, 1.82) is 0 Å². The number of pyridine rings is 2. The molecule has 0 fully saturated rings. The van der Waals surface area contributed by atoms with Gasteiger partial charge in [0.2, 0.25) is 0 Å². The van der Waals surface area contributed by atoms with Gasteiger partial charge in [-0.3, -0.25) is 0 Å². The summed E-state index contributed by atoms with van der Waals surface area (Å²) in [5, 5.41) is 4.20. The van der Waals surface area contributed by atoms with Crippen LogP contribution < -0.4 is 0 Å². The Labute approximate surface area is 354 Å². The predicted octanol–water partition coefficient (Wildman–Crippen LogP) is 12.6. The Morgan fingerprint density at radius 2 is 1.36 bits per heavy atom. The van der Waals surface area contributed by atoms with Crippen LogP contribution in [0.5, 0.6) is 0 Å². The third-order valence-electron chi connectivity index (χ3n) is 11.2. The van der Waals surface area contributed by atoms with Crippen LogP contribution in [-0.4, -0.2) is 9.97 Å². The molecule has 1 radical (unpaired) electrons. The van der Waals surface area contributed by atoms with Crippen LogP contribution in [0.15, 0.2) is 144 Å². The van der Waals surface area contributed by atoms with E-state index >= 15 is 0 Å². The Bertz CT molecular complexity index is 3160. The van der Waals surface area contributed by atoms with Gasteiger partial charge in [-0.05, 0) is 106 Å². The SMILES string of the molecule is [2H]C([2H])([2H])c1c[c-]c(-c2ccc(C([2H])([2H])[2H])cn2)cc1.[2H]C([2H])([2H])c1cnc(-c2[c-]ccc3c2oc2c4ccccc4ccc32)cc1-c1ccc2c(c1)CC1(Cc3ccccc3C1)C2.[Ir]. The molecule has 9 aromatic rings. The van der Waals surface area contributed by atoms with Gasteiger partial charge in [0.25, 0.3) is 0 Å². The van der Waals surface area contributed by atoms with Crippen LogP contribution in [0.3, 0.4) is 0 Å². The molecule has 1 spiro atoms. The van der Waals surface area contributed by atoms with Gasteiger partial charge in [-0.25, -0.2) is 0 Å². The van der Waals surface area contributed by atoms with E-state index in [-0.39, 0.29) is 42.2 Å². The van der Waals surface area contributed by atoms with Crippen molar-refractivity contribution in [3.05, 3.63) is 191 Å². The van der Waals surface area contributed by atoms with Crippen LogP contribution in [0.4, 0.5) is 0 Å². The fourth-order valence-corrected chi connectivity index (χ4v) is 8.65. The molecule has 11 rings (SSSR count). The predicted molar refractivity (Wildman–Crippen MR) is 225 cm³/mol. The maximum Gasteiger partial charge on any atom is 0.128 e. The molecule has 2 aliphatic rings. The molecular weight excluding hydrogens is 861 g/mol. The molecule has 0 saturated carbocycles. The van der Waals surface area contributed by atoms with Crippen molar-refractivity contribution in [3.63, 3.8) is 0 Å². The Hall–Kier alpha value is -5.67. The van der Waals surface area contributed by atoms with Crippen molar-refractivity contribution in [1.82, 2.24) is 9.97 Å². The first-order valence-electron chi connectivity index (χ1n) is 23.0. The van der Waals surface area contributed by atoms with E-state index < -0.39 is 20.6 Å². The molecule has 0 saturated heterocycles. The van der Waals surface area contributed by atoms with Gasteiger partial charge >= 0.3 is 0 Å². The van der Waals surface area contributed by atoms with Crippen LogP contribution in [0.2, 0.25) is 0 Å². The van der Waals surface area contributed by atoms with E-state index in [1.165, 1.54) is 52.8 Å². The minimum absolute atomic E-state index is 0. The summed E-state index contributed by atoms with van der Waals surface area (Å²) in [5.74, 6) is 0. The number of benzene rings is 6. The van der Waals surface area contributed by atoms with Gasteiger partial charge in [0, 0.05) is 55.6 Å². The molecule has 4 heteroatoms.